The summed E-state index contributed by atoms with van der Waals surface area (Å²) in [6, 6.07) is 0. The molecule has 0 aliphatic carbocycles. The van der Waals surface area contributed by atoms with Crippen LogP contribution in [0.25, 0.3) is 0 Å². The Morgan fingerprint density at radius 3 is 2.44 bits per heavy atom. The van der Waals surface area contributed by atoms with E-state index < -0.39 is 45.1 Å². The van der Waals surface area contributed by atoms with E-state index in [1.54, 1.807) is 0 Å². The topological polar surface area (TPSA) is 157 Å². The third-order valence-corrected chi connectivity index (χ3v) is 2.59. The molecule has 1 heterocycles. The highest BCUT2D eigenvalue weighted by atomic mass is 31.2. The number of aliphatic hydroxyl groups is 4. The van der Waals surface area contributed by atoms with Crippen molar-refractivity contribution in [2.75, 3.05) is 13.2 Å². The summed E-state index contributed by atoms with van der Waals surface area (Å²) >= 11 is 0. The zero-order valence-corrected chi connectivity index (χ0v) is 8.90. The van der Waals surface area contributed by atoms with E-state index >= 15 is 0 Å². The van der Waals surface area contributed by atoms with Crippen molar-refractivity contribution in [1.82, 2.24) is 0 Å². The van der Waals surface area contributed by atoms with Crippen molar-refractivity contribution in [3.8, 4) is 0 Å². The predicted molar refractivity (Wildman–Crippen MR) is 46.9 cm³/mol. The third kappa shape index (κ3) is 3.20. The van der Waals surface area contributed by atoms with Crippen LogP contribution in [0.5, 0.6) is 0 Å². The van der Waals surface area contributed by atoms with Gasteiger partial charge in [-0.15, -0.1) is 0 Å². The molecule has 96 valence electrons. The number of ether oxygens (including phenoxy) is 1. The highest BCUT2D eigenvalue weighted by Crippen LogP contribution is 2.38. The molecule has 0 aromatic carbocycles. The van der Waals surface area contributed by atoms with Crippen molar-refractivity contribution in [2.45, 2.75) is 24.1 Å². The van der Waals surface area contributed by atoms with E-state index in [1.807, 2.05) is 0 Å². The summed E-state index contributed by atoms with van der Waals surface area (Å²) in [5.74, 6) is -2.47. The van der Waals surface area contributed by atoms with E-state index in [2.05, 4.69) is 9.26 Å². The summed E-state index contributed by atoms with van der Waals surface area (Å²) in [5, 5.41) is 37.2. The normalized spacial score (nSPS) is 41.0. The molecule has 0 aromatic heterocycles. The van der Waals surface area contributed by atoms with Gasteiger partial charge in [0.2, 0.25) is 5.79 Å². The molecule has 0 aromatic rings. The summed E-state index contributed by atoms with van der Waals surface area (Å²) in [4.78, 5) is 16.8. The lowest BCUT2D eigenvalue weighted by atomic mass is 9.98. The molecule has 1 rings (SSSR count). The van der Waals surface area contributed by atoms with E-state index in [1.165, 1.54) is 0 Å². The van der Waals surface area contributed by atoms with Crippen LogP contribution in [0.2, 0.25) is 0 Å². The fourth-order valence-corrected chi connectivity index (χ4v) is 1.55. The number of phosphoric acid groups is 1. The van der Waals surface area contributed by atoms with Gasteiger partial charge >= 0.3 is 7.82 Å². The van der Waals surface area contributed by atoms with Crippen LogP contribution >= 0.6 is 7.82 Å². The number of hydrogen-bond acceptors (Lipinski definition) is 7. The van der Waals surface area contributed by atoms with Crippen molar-refractivity contribution in [2.24, 2.45) is 0 Å². The fourth-order valence-electron chi connectivity index (χ4n) is 1.19. The van der Waals surface area contributed by atoms with Gasteiger partial charge in [-0.3, -0.25) is 4.52 Å². The van der Waals surface area contributed by atoms with Crippen molar-refractivity contribution in [1.29, 1.82) is 0 Å². The lowest BCUT2D eigenvalue weighted by Crippen LogP contribution is -2.62. The van der Waals surface area contributed by atoms with E-state index in [4.69, 9.17) is 14.9 Å². The Bertz CT molecular complexity index is 290. The number of rotatable bonds is 3. The molecule has 0 amide bonds. The molecular weight excluding hydrogens is 247 g/mol. The molecule has 1 unspecified atom stereocenters. The van der Waals surface area contributed by atoms with E-state index in [0.29, 0.717) is 0 Å². The monoisotopic (exact) mass is 260 g/mol. The first kappa shape index (κ1) is 14.0. The maximum atomic E-state index is 10.4. The first-order valence-electron chi connectivity index (χ1n) is 4.26. The largest absolute Gasteiger partial charge is 0.469 e. The maximum absolute atomic E-state index is 10.4. The highest BCUT2D eigenvalue weighted by molar-refractivity contribution is 7.46. The van der Waals surface area contributed by atoms with Crippen molar-refractivity contribution < 1.29 is 44.0 Å². The average molecular weight is 260 g/mol. The van der Waals surface area contributed by atoms with Gasteiger partial charge in [0.1, 0.15) is 24.9 Å². The molecule has 0 bridgehead atoms. The van der Waals surface area contributed by atoms with Gasteiger partial charge in [-0.2, -0.15) is 0 Å². The van der Waals surface area contributed by atoms with Gasteiger partial charge in [0.05, 0.1) is 6.61 Å². The first-order chi connectivity index (χ1) is 7.16. The Kier molecular flexibility index (Phi) is 4.06. The second-order valence-corrected chi connectivity index (χ2v) is 4.66. The lowest BCUT2D eigenvalue weighted by Gasteiger charge is -2.41. The van der Waals surface area contributed by atoms with E-state index in [9.17, 15) is 19.9 Å². The molecule has 1 aliphatic rings. The smallest absolute Gasteiger partial charge is 0.388 e. The Hall–Kier alpha value is -0.0900. The Labute approximate surface area is 90.1 Å². The molecule has 0 spiro atoms. The van der Waals surface area contributed by atoms with Gasteiger partial charge in [0.25, 0.3) is 0 Å². The molecule has 4 atom stereocenters. The van der Waals surface area contributed by atoms with Crippen LogP contribution in [-0.4, -0.2) is 67.5 Å². The SMILES string of the molecule is O=P(O)(O)OCC1(O)OC[C@H](O)[C@@H](O)[C@H]1O. The van der Waals surface area contributed by atoms with Crippen LogP contribution in [0.3, 0.4) is 0 Å². The van der Waals surface area contributed by atoms with Crippen LogP contribution < -0.4 is 0 Å². The van der Waals surface area contributed by atoms with Crippen molar-refractivity contribution >= 4 is 7.82 Å². The fraction of sp³-hybridized carbons (Fsp3) is 1.00. The number of phosphoric ester groups is 1. The molecule has 0 saturated carbocycles. The van der Waals surface area contributed by atoms with Crippen LogP contribution in [0, 0.1) is 0 Å². The molecule has 0 radical (unpaired) electrons. The number of hydrogen-bond donors (Lipinski definition) is 6. The van der Waals surface area contributed by atoms with Crippen molar-refractivity contribution in [3.05, 3.63) is 0 Å². The summed E-state index contributed by atoms with van der Waals surface area (Å²) in [5.41, 5.74) is 0. The van der Waals surface area contributed by atoms with Crippen LogP contribution in [-0.2, 0) is 13.8 Å². The molecule has 9 nitrogen and oxygen atoms in total. The standard InChI is InChI=1S/C6H13O9P/c7-3-1-14-6(10,5(9)4(3)8)2-15-16(11,12)13/h3-5,7-10H,1-2H2,(H2,11,12,13)/t3-,4+,5+,6?/m0/s1. The minimum absolute atomic E-state index is 0.501. The molecule has 1 aliphatic heterocycles. The summed E-state index contributed by atoms with van der Waals surface area (Å²) in [6.45, 7) is -1.54. The van der Waals surface area contributed by atoms with Crippen LogP contribution in [0.15, 0.2) is 0 Å². The molecule has 1 fully saturated rings. The Morgan fingerprint density at radius 1 is 1.38 bits per heavy atom. The van der Waals surface area contributed by atoms with E-state index in [0.717, 1.165) is 0 Å². The van der Waals surface area contributed by atoms with Crippen LogP contribution in [0.1, 0.15) is 0 Å². The minimum Gasteiger partial charge on any atom is -0.388 e. The van der Waals surface area contributed by atoms with Gasteiger partial charge in [0.15, 0.2) is 0 Å². The van der Waals surface area contributed by atoms with E-state index in [-0.39, 0.29) is 0 Å². The summed E-state index contributed by atoms with van der Waals surface area (Å²) < 4.78 is 18.9. The van der Waals surface area contributed by atoms with Gasteiger partial charge in [-0.25, -0.2) is 4.57 Å². The third-order valence-electron chi connectivity index (χ3n) is 2.12. The maximum Gasteiger partial charge on any atom is 0.469 e. The Morgan fingerprint density at radius 2 is 1.94 bits per heavy atom. The second kappa shape index (κ2) is 4.65. The van der Waals surface area contributed by atoms with Gasteiger partial charge in [-0.05, 0) is 0 Å². The highest BCUT2D eigenvalue weighted by Gasteiger charge is 2.49. The minimum atomic E-state index is -4.83. The molecule has 10 heteroatoms. The molecular formula is C6H13O9P. The molecule has 16 heavy (non-hydrogen) atoms. The molecule has 1 saturated heterocycles. The zero-order chi connectivity index (χ0) is 12.6. The molecule has 6 N–H and O–H groups in total. The second-order valence-electron chi connectivity index (χ2n) is 3.42. The summed E-state index contributed by atoms with van der Waals surface area (Å²) in [7, 11) is -4.83. The lowest BCUT2D eigenvalue weighted by molar-refractivity contribution is -0.329. The average Bonchev–Trinajstić information content (AvgIpc) is 2.18. The quantitative estimate of drug-likeness (QED) is 0.289. The Balaban J connectivity index is 2.66. The van der Waals surface area contributed by atoms with Crippen molar-refractivity contribution in [3.63, 3.8) is 0 Å². The first-order valence-corrected chi connectivity index (χ1v) is 5.79. The van der Waals surface area contributed by atoms with Gasteiger partial charge < -0.3 is 34.9 Å². The van der Waals surface area contributed by atoms with Gasteiger partial charge in [-0.1, -0.05) is 0 Å². The van der Waals surface area contributed by atoms with Gasteiger partial charge in [0, 0.05) is 0 Å². The number of aliphatic hydroxyl groups excluding tert-OH is 3. The van der Waals surface area contributed by atoms with Crippen LogP contribution in [0.4, 0.5) is 0 Å². The predicted octanol–water partition coefficient (Wildman–Crippen LogP) is -3.10. The summed E-state index contributed by atoms with van der Waals surface area (Å²) in [6.07, 6.45) is -5.03. The zero-order valence-electron chi connectivity index (χ0n) is 8.00.